The molecule has 3 heterocycles. The Morgan fingerprint density at radius 3 is 3.10 bits per heavy atom. The minimum Gasteiger partial charge on any atom is -0.481 e. The molecule has 0 aromatic carbocycles. The third kappa shape index (κ3) is 2.39. The number of carboxylic acids is 1. The summed E-state index contributed by atoms with van der Waals surface area (Å²) < 4.78 is 5.13. The van der Waals surface area contributed by atoms with Crippen LogP contribution in [0.5, 0.6) is 0 Å². The van der Waals surface area contributed by atoms with Gasteiger partial charge < -0.3 is 20.1 Å². The molecule has 1 aromatic rings. The van der Waals surface area contributed by atoms with Gasteiger partial charge in [-0.3, -0.25) is 14.9 Å². The average molecular weight is 280 g/mol. The number of H-pyrrole nitrogens is 1. The van der Waals surface area contributed by atoms with Crippen molar-refractivity contribution in [2.45, 2.75) is 25.0 Å². The summed E-state index contributed by atoms with van der Waals surface area (Å²) in [5, 5.41) is 14.9. The molecule has 1 saturated heterocycles. The fourth-order valence-corrected chi connectivity index (χ4v) is 2.58. The number of carbonyl (C=O) groups excluding carboxylic acids is 1. The van der Waals surface area contributed by atoms with Crippen molar-refractivity contribution in [2.24, 2.45) is 5.92 Å². The molecule has 0 bridgehead atoms. The molecular weight excluding hydrogens is 264 g/mol. The SMILES string of the molecule is O=C(NC1COCC1C(=O)O)C1Cc2nc[nH]c2CN1. The molecule has 1 amide bonds. The van der Waals surface area contributed by atoms with Gasteiger partial charge in [-0.25, -0.2) is 4.98 Å². The lowest BCUT2D eigenvalue weighted by Gasteiger charge is -2.24. The number of hydrogen-bond donors (Lipinski definition) is 4. The van der Waals surface area contributed by atoms with Crippen LogP contribution < -0.4 is 10.6 Å². The van der Waals surface area contributed by atoms with Crippen molar-refractivity contribution in [1.82, 2.24) is 20.6 Å². The number of carboxylic acid groups (broad SMARTS) is 1. The van der Waals surface area contributed by atoms with Crippen molar-refractivity contribution in [3.8, 4) is 0 Å². The van der Waals surface area contributed by atoms with Crippen molar-refractivity contribution in [1.29, 1.82) is 0 Å². The second-order valence-electron chi connectivity index (χ2n) is 5.06. The first-order valence-corrected chi connectivity index (χ1v) is 6.50. The highest BCUT2D eigenvalue weighted by molar-refractivity contribution is 5.83. The molecule has 1 fully saturated rings. The molecule has 0 saturated carbocycles. The summed E-state index contributed by atoms with van der Waals surface area (Å²) in [6.45, 7) is 0.932. The van der Waals surface area contributed by atoms with Gasteiger partial charge >= 0.3 is 5.97 Å². The van der Waals surface area contributed by atoms with Gasteiger partial charge in [-0.1, -0.05) is 0 Å². The summed E-state index contributed by atoms with van der Waals surface area (Å²) in [5.41, 5.74) is 1.86. The zero-order valence-electron chi connectivity index (χ0n) is 10.8. The minimum absolute atomic E-state index is 0.141. The van der Waals surface area contributed by atoms with E-state index in [1.165, 1.54) is 0 Å². The van der Waals surface area contributed by atoms with Crippen LogP contribution in [0.1, 0.15) is 11.4 Å². The number of imidazole rings is 1. The Morgan fingerprint density at radius 1 is 1.45 bits per heavy atom. The molecule has 108 valence electrons. The van der Waals surface area contributed by atoms with Gasteiger partial charge in [-0.15, -0.1) is 0 Å². The first kappa shape index (κ1) is 13.1. The monoisotopic (exact) mass is 280 g/mol. The van der Waals surface area contributed by atoms with Crippen molar-refractivity contribution in [3.05, 3.63) is 17.7 Å². The number of fused-ring (bicyclic) bond motifs is 1. The molecular formula is C12H16N4O4. The Balaban J connectivity index is 1.61. The van der Waals surface area contributed by atoms with Crippen LogP contribution in [0.15, 0.2) is 6.33 Å². The number of aromatic nitrogens is 2. The summed E-state index contributed by atoms with van der Waals surface area (Å²) in [5.74, 6) is -1.83. The van der Waals surface area contributed by atoms with E-state index in [4.69, 9.17) is 9.84 Å². The zero-order chi connectivity index (χ0) is 14.1. The van der Waals surface area contributed by atoms with Gasteiger partial charge in [-0.05, 0) is 0 Å². The number of aromatic amines is 1. The molecule has 0 aliphatic carbocycles. The predicted molar refractivity (Wildman–Crippen MR) is 66.8 cm³/mol. The third-order valence-corrected chi connectivity index (χ3v) is 3.77. The van der Waals surface area contributed by atoms with Gasteiger partial charge in [0.2, 0.25) is 5.91 Å². The second-order valence-corrected chi connectivity index (χ2v) is 5.06. The summed E-state index contributed by atoms with van der Waals surface area (Å²) >= 11 is 0. The average Bonchev–Trinajstić information content (AvgIpc) is 3.05. The van der Waals surface area contributed by atoms with Crippen LogP contribution in [0.4, 0.5) is 0 Å². The Kier molecular flexibility index (Phi) is 3.41. The van der Waals surface area contributed by atoms with Gasteiger partial charge in [0, 0.05) is 13.0 Å². The maximum Gasteiger partial charge on any atom is 0.311 e. The lowest BCUT2D eigenvalue weighted by atomic mass is 10.0. The number of hydrogen-bond acceptors (Lipinski definition) is 5. The van der Waals surface area contributed by atoms with Crippen LogP contribution in [0, 0.1) is 5.92 Å². The van der Waals surface area contributed by atoms with Crippen LogP contribution in [-0.4, -0.2) is 52.2 Å². The maximum atomic E-state index is 12.2. The number of amides is 1. The van der Waals surface area contributed by atoms with Gasteiger partial charge in [0.25, 0.3) is 0 Å². The second kappa shape index (κ2) is 5.22. The number of nitrogens with zero attached hydrogens (tertiary/aromatic N) is 1. The quantitative estimate of drug-likeness (QED) is 0.543. The summed E-state index contributed by atoms with van der Waals surface area (Å²) in [6.07, 6.45) is 2.11. The lowest BCUT2D eigenvalue weighted by molar-refractivity contribution is -0.142. The highest BCUT2D eigenvalue weighted by Gasteiger charge is 2.36. The van der Waals surface area contributed by atoms with Crippen LogP contribution >= 0.6 is 0 Å². The van der Waals surface area contributed by atoms with Crippen LogP contribution in [0.25, 0.3) is 0 Å². The number of rotatable bonds is 3. The van der Waals surface area contributed by atoms with Gasteiger partial charge in [-0.2, -0.15) is 0 Å². The van der Waals surface area contributed by atoms with Crippen molar-refractivity contribution < 1.29 is 19.4 Å². The highest BCUT2D eigenvalue weighted by atomic mass is 16.5. The van der Waals surface area contributed by atoms with Crippen LogP contribution in [-0.2, 0) is 27.3 Å². The Morgan fingerprint density at radius 2 is 2.30 bits per heavy atom. The van der Waals surface area contributed by atoms with E-state index in [9.17, 15) is 9.59 Å². The molecule has 8 heteroatoms. The Bertz CT molecular complexity index is 529. The molecule has 3 atom stereocenters. The first-order chi connectivity index (χ1) is 9.65. The van der Waals surface area contributed by atoms with E-state index < -0.39 is 17.9 Å². The van der Waals surface area contributed by atoms with E-state index in [2.05, 4.69) is 20.6 Å². The fraction of sp³-hybridized carbons (Fsp3) is 0.583. The first-order valence-electron chi connectivity index (χ1n) is 6.50. The van der Waals surface area contributed by atoms with Gasteiger partial charge in [0.05, 0.1) is 43.0 Å². The van der Waals surface area contributed by atoms with E-state index in [-0.39, 0.29) is 25.2 Å². The number of carbonyl (C=O) groups is 2. The molecule has 1 aromatic heterocycles. The smallest absolute Gasteiger partial charge is 0.311 e. The van der Waals surface area contributed by atoms with Crippen molar-refractivity contribution in [2.75, 3.05) is 13.2 Å². The molecule has 20 heavy (non-hydrogen) atoms. The number of ether oxygens (including phenoxy) is 1. The highest BCUT2D eigenvalue weighted by Crippen LogP contribution is 2.16. The summed E-state index contributed by atoms with van der Waals surface area (Å²) in [4.78, 5) is 30.4. The molecule has 2 aliphatic heterocycles. The lowest BCUT2D eigenvalue weighted by Crippen LogP contribution is -2.52. The number of aliphatic carboxylic acids is 1. The molecule has 3 rings (SSSR count). The molecule has 8 nitrogen and oxygen atoms in total. The zero-order valence-corrected chi connectivity index (χ0v) is 10.8. The van der Waals surface area contributed by atoms with E-state index in [0.717, 1.165) is 11.4 Å². The molecule has 0 spiro atoms. The van der Waals surface area contributed by atoms with Crippen LogP contribution in [0.3, 0.4) is 0 Å². The minimum atomic E-state index is -0.945. The standard InChI is InChI=1S/C12H16N4O4/c17-11(16-10-4-20-3-6(10)12(18)19)8-1-7-9(2-13-8)15-5-14-7/h5-6,8,10,13H,1-4H2,(H,14,15)(H,16,17)(H,18,19). The third-order valence-electron chi connectivity index (χ3n) is 3.77. The maximum absolute atomic E-state index is 12.2. The topological polar surface area (TPSA) is 116 Å². The van der Waals surface area contributed by atoms with Gasteiger partial charge in [0.1, 0.15) is 5.92 Å². The molecule has 2 aliphatic rings. The normalized spacial score (nSPS) is 28.9. The Labute approximate surface area is 114 Å². The van der Waals surface area contributed by atoms with Crippen molar-refractivity contribution in [3.63, 3.8) is 0 Å². The van der Waals surface area contributed by atoms with E-state index in [1.54, 1.807) is 6.33 Å². The summed E-state index contributed by atoms with van der Waals surface area (Å²) in [7, 11) is 0. The number of nitrogens with one attached hydrogen (secondary N) is 3. The van der Waals surface area contributed by atoms with E-state index in [0.29, 0.717) is 13.0 Å². The Hall–Kier alpha value is -1.93. The predicted octanol–water partition coefficient (Wildman–Crippen LogP) is -1.36. The van der Waals surface area contributed by atoms with Gasteiger partial charge in [0.15, 0.2) is 0 Å². The van der Waals surface area contributed by atoms with Crippen LogP contribution in [0.2, 0.25) is 0 Å². The largest absolute Gasteiger partial charge is 0.481 e. The molecule has 4 N–H and O–H groups in total. The molecule has 0 radical (unpaired) electrons. The van der Waals surface area contributed by atoms with Crippen molar-refractivity contribution >= 4 is 11.9 Å². The molecule has 3 unspecified atom stereocenters. The van der Waals surface area contributed by atoms with E-state index in [1.807, 2.05) is 0 Å². The van der Waals surface area contributed by atoms with E-state index >= 15 is 0 Å². The summed E-state index contributed by atoms with van der Waals surface area (Å²) in [6, 6.07) is -0.858. The fourth-order valence-electron chi connectivity index (χ4n) is 2.58.